The van der Waals surface area contributed by atoms with Crippen molar-refractivity contribution >= 4 is 29.1 Å². The van der Waals surface area contributed by atoms with Crippen LogP contribution in [0.4, 0.5) is 5.69 Å². The SMILES string of the molecule is Cc1noc(C)c1CC(=O)N1CCN(CC(=O)Nc2ccccc2Cl)CC1. The number of rotatable bonds is 5. The lowest BCUT2D eigenvalue weighted by Crippen LogP contribution is -2.50. The summed E-state index contributed by atoms with van der Waals surface area (Å²) in [5.41, 5.74) is 2.23. The Morgan fingerprint density at radius 1 is 1.19 bits per heavy atom. The minimum atomic E-state index is -0.112. The number of para-hydroxylation sites is 1. The molecule has 3 rings (SSSR count). The predicted octanol–water partition coefficient (Wildman–Crippen LogP) is 2.27. The molecule has 1 aromatic heterocycles. The summed E-state index contributed by atoms with van der Waals surface area (Å²) in [6.45, 7) is 6.44. The Kier molecular flexibility index (Phi) is 6.13. The third-order valence-electron chi connectivity index (χ3n) is 4.75. The molecule has 144 valence electrons. The molecule has 2 amide bonds. The van der Waals surface area contributed by atoms with E-state index in [1.165, 1.54) is 0 Å². The standard InChI is InChI=1S/C19H23ClN4O3/c1-13-15(14(2)27-22-13)11-19(26)24-9-7-23(8-10-24)12-18(25)21-17-6-4-3-5-16(17)20/h3-6H,7-12H2,1-2H3,(H,21,25). The molecule has 8 heteroatoms. The van der Waals surface area contributed by atoms with Crippen molar-refractivity contribution in [2.75, 3.05) is 38.0 Å². The van der Waals surface area contributed by atoms with Crippen LogP contribution in [0.1, 0.15) is 17.0 Å². The minimum absolute atomic E-state index is 0.0598. The molecule has 1 saturated heterocycles. The van der Waals surface area contributed by atoms with Crippen molar-refractivity contribution in [3.8, 4) is 0 Å². The number of hydrogen-bond acceptors (Lipinski definition) is 5. The Hall–Kier alpha value is -2.38. The maximum atomic E-state index is 12.5. The van der Waals surface area contributed by atoms with E-state index in [-0.39, 0.29) is 18.4 Å². The van der Waals surface area contributed by atoms with Gasteiger partial charge in [0.15, 0.2) is 0 Å². The van der Waals surface area contributed by atoms with Crippen LogP contribution in [0, 0.1) is 13.8 Å². The highest BCUT2D eigenvalue weighted by Crippen LogP contribution is 2.20. The fourth-order valence-electron chi connectivity index (χ4n) is 3.13. The first-order chi connectivity index (χ1) is 12.9. The number of hydrogen-bond donors (Lipinski definition) is 1. The van der Waals surface area contributed by atoms with Crippen molar-refractivity contribution in [1.29, 1.82) is 0 Å². The summed E-state index contributed by atoms with van der Waals surface area (Å²) in [5.74, 6) is 0.638. The summed E-state index contributed by atoms with van der Waals surface area (Å²) in [6, 6.07) is 7.15. The topological polar surface area (TPSA) is 78.7 Å². The number of nitrogens with zero attached hydrogens (tertiary/aromatic N) is 3. The van der Waals surface area contributed by atoms with Crippen LogP contribution in [-0.2, 0) is 16.0 Å². The van der Waals surface area contributed by atoms with Crippen LogP contribution in [0.25, 0.3) is 0 Å². The van der Waals surface area contributed by atoms with Crippen LogP contribution in [0.3, 0.4) is 0 Å². The van der Waals surface area contributed by atoms with E-state index in [0.717, 1.165) is 11.3 Å². The molecule has 0 atom stereocenters. The van der Waals surface area contributed by atoms with E-state index < -0.39 is 0 Å². The highest BCUT2D eigenvalue weighted by atomic mass is 35.5. The maximum Gasteiger partial charge on any atom is 0.238 e. The second kappa shape index (κ2) is 8.54. The van der Waals surface area contributed by atoms with Crippen molar-refractivity contribution in [1.82, 2.24) is 15.0 Å². The number of halogens is 1. The molecule has 0 saturated carbocycles. The van der Waals surface area contributed by atoms with Crippen LogP contribution in [0.2, 0.25) is 5.02 Å². The number of aryl methyl sites for hydroxylation is 2. The van der Waals surface area contributed by atoms with Gasteiger partial charge in [-0.1, -0.05) is 28.9 Å². The van der Waals surface area contributed by atoms with Gasteiger partial charge in [0.25, 0.3) is 0 Å². The van der Waals surface area contributed by atoms with E-state index in [1.807, 2.05) is 35.8 Å². The van der Waals surface area contributed by atoms with Crippen LogP contribution >= 0.6 is 11.6 Å². The minimum Gasteiger partial charge on any atom is -0.361 e. The van der Waals surface area contributed by atoms with Gasteiger partial charge in [0.1, 0.15) is 5.76 Å². The number of amides is 2. The molecule has 1 aliphatic rings. The maximum absolute atomic E-state index is 12.5. The van der Waals surface area contributed by atoms with Gasteiger partial charge in [0.2, 0.25) is 11.8 Å². The Morgan fingerprint density at radius 3 is 2.52 bits per heavy atom. The van der Waals surface area contributed by atoms with Gasteiger partial charge in [-0.2, -0.15) is 0 Å². The second-order valence-corrected chi connectivity index (χ2v) is 7.07. The zero-order chi connectivity index (χ0) is 19.4. The summed E-state index contributed by atoms with van der Waals surface area (Å²) < 4.78 is 5.12. The average molecular weight is 391 g/mol. The molecule has 2 aromatic rings. The Labute approximate surface area is 163 Å². The molecule has 0 bridgehead atoms. The van der Waals surface area contributed by atoms with Crippen LogP contribution in [0.15, 0.2) is 28.8 Å². The van der Waals surface area contributed by atoms with Gasteiger partial charge in [-0.05, 0) is 26.0 Å². The van der Waals surface area contributed by atoms with Crippen molar-refractivity contribution in [3.63, 3.8) is 0 Å². The fraction of sp³-hybridized carbons (Fsp3) is 0.421. The summed E-state index contributed by atoms with van der Waals surface area (Å²) in [6.07, 6.45) is 0.300. The highest BCUT2D eigenvalue weighted by Gasteiger charge is 2.24. The Bertz CT molecular complexity index is 809. The van der Waals surface area contributed by atoms with Crippen LogP contribution in [0.5, 0.6) is 0 Å². The molecule has 1 aliphatic heterocycles. The first-order valence-corrected chi connectivity index (χ1v) is 9.28. The van der Waals surface area contributed by atoms with E-state index in [9.17, 15) is 9.59 Å². The molecule has 1 fully saturated rings. The molecular weight excluding hydrogens is 368 g/mol. The molecule has 1 aromatic carbocycles. The first-order valence-electron chi connectivity index (χ1n) is 8.90. The van der Waals surface area contributed by atoms with Crippen molar-refractivity contribution in [2.24, 2.45) is 0 Å². The highest BCUT2D eigenvalue weighted by molar-refractivity contribution is 6.33. The number of anilines is 1. The largest absolute Gasteiger partial charge is 0.361 e. The van der Waals surface area contributed by atoms with Crippen molar-refractivity contribution < 1.29 is 14.1 Å². The molecule has 0 aliphatic carbocycles. The van der Waals surface area contributed by atoms with Gasteiger partial charge in [-0.15, -0.1) is 0 Å². The number of nitrogens with one attached hydrogen (secondary N) is 1. The molecule has 0 spiro atoms. The molecular formula is C19H23ClN4O3. The van der Waals surface area contributed by atoms with E-state index >= 15 is 0 Å². The van der Waals surface area contributed by atoms with Crippen LogP contribution < -0.4 is 5.32 Å². The average Bonchev–Trinajstić information content (AvgIpc) is 2.96. The summed E-state index contributed by atoms with van der Waals surface area (Å²) in [5, 5.41) is 7.23. The number of aromatic nitrogens is 1. The van der Waals surface area contributed by atoms with E-state index in [0.29, 0.717) is 49.1 Å². The van der Waals surface area contributed by atoms with Gasteiger partial charge in [0.05, 0.1) is 29.4 Å². The lowest BCUT2D eigenvalue weighted by atomic mass is 10.1. The number of benzene rings is 1. The molecule has 7 nitrogen and oxygen atoms in total. The molecule has 0 radical (unpaired) electrons. The third kappa shape index (κ3) is 4.87. The fourth-order valence-corrected chi connectivity index (χ4v) is 3.31. The summed E-state index contributed by atoms with van der Waals surface area (Å²) in [7, 11) is 0. The third-order valence-corrected chi connectivity index (χ3v) is 5.08. The van der Waals surface area contributed by atoms with Gasteiger partial charge >= 0.3 is 0 Å². The quantitative estimate of drug-likeness (QED) is 0.847. The summed E-state index contributed by atoms with van der Waals surface area (Å²) >= 11 is 6.06. The zero-order valence-corrected chi connectivity index (χ0v) is 16.3. The molecule has 1 N–H and O–H groups in total. The van der Waals surface area contributed by atoms with Gasteiger partial charge in [0, 0.05) is 31.7 Å². The molecule has 2 heterocycles. The molecule has 27 heavy (non-hydrogen) atoms. The van der Waals surface area contributed by atoms with Gasteiger partial charge in [-0.25, -0.2) is 0 Å². The normalized spacial score (nSPS) is 15.0. The monoisotopic (exact) mass is 390 g/mol. The summed E-state index contributed by atoms with van der Waals surface area (Å²) in [4.78, 5) is 28.6. The van der Waals surface area contributed by atoms with Crippen molar-refractivity contribution in [3.05, 3.63) is 46.3 Å². The van der Waals surface area contributed by atoms with Gasteiger partial charge in [-0.3, -0.25) is 14.5 Å². The number of piperazine rings is 1. The first kappa shape index (κ1) is 19.4. The Balaban J connectivity index is 1.46. The van der Waals surface area contributed by atoms with Crippen LogP contribution in [-0.4, -0.2) is 59.5 Å². The smallest absolute Gasteiger partial charge is 0.238 e. The lowest BCUT2D eigenvalue weighted by molar-refractivity contribution is -0.132. The second-order valence-electron chi connectivity index (χ2n) is 6.66. The zero-order valence-electron chi connectivity index (χ0n) is 15.5. The van der Waals surface area contributed by atoms with Gasteiger partial charge < -0.3 is 14.7 Å². The van der Waals surface area contributed by atoms with Crippen molar-refractivity contribution in [2.45, 2.75) is 20.3 Å². The number of carbonyl (C=O) groups is 2. The lowest BCUT2D eigenvalue weighted by Gasteiger charge is -2.34. The van der Waals surface area contributed by atoms with E-state index in [1.54, 1.807) is 12.1 Å². The van der Waals surface area contributed by atoms with E-state index in [2.05, 4.69) is 10.5 Å². The Morgan fingerprint density at radius 2 is 1.89 bits per heavy atom. The number of carbonyl (C=O) groups excluding carboxylic acids is 2. The van der Waals surface area contributed by atoms with E-state index in [4.69, 9.17) is 16.1 Å². The predicted molar refractivity (Wildman–Crippen MR) is 103 cm³/mol. The molecule has 0 unspecified atom stereocenters.